The van der Waals surface area contributed by atoms with E-state index in [1.54, 1.807) is 0 Å². The minimum absolute atomic E-state index is 0.0214. The number of rotatable bonds is 1. The van der Waals surface area contributed by atoms with Gasteiger partial charge in [0.25, 0.3) is 0 Å². The first kappa shape index (κ1) is 17.3. The Morgan fingerprint density at radius 2 is 1.33 bits per heavy atom. The lowest BCUT2D eigenvalue weighted by Crippen LogP contribution is -2.21. The summed E-state index contributed by atoms with van der Waals surface area (Å²) in [5.41, 5.74) is 12.5. The highest BCUT2D eigenvalue weighted by Gasteiger charge is 2.25. The fourth-order valence-corrected chi connectivity index (χ4v) is 2.40. The van der Waals surface area contributed by atoms with Crippen molar-refractivity contribution >= 4 is 11.3 Å². The summed E-state index contributed by atoms with van der Waals surface area (Å²) in [5.74, 6) is 0. The number of allylic oxidation sites excluding steroid dienone is 2. The Bertz CT molecular complexity index is 579. The zero-order chi connectivity index (χ0) is 16.6. The van der Waals surface area contributed by atoms with Gasteiger partial charge >= 0.3 is 0 Å². The normalized spacial score (nSPS) is 13.7. The summed E-state index contributed by atoms with van der Waals surface area (Å²) in [6.07, 6.45) is 0. The van der Waals surface area contributed by atoms with Gasteiger partial charge in [-0.1, -0.05) is 53.7 Å². The molecule has 0 unspecified atom stereocenters. The average molecular weight is 284 g/mol. The number of hydrogen-bond acceptors (Lipinski definition) is 1. The molecule has 0 spiro atoms. The standard InChI is InChI=1S/C19H28N2/c1-12(13(2)21-9)14-10-15(18(3,4)5)17(20)16(11-14)19(6,7)8/h10-11H,20H2,1-8H3/b13-12+. The van der Waals surface area contributed by atoms with Gasteiger partial charge in [-0.25, -0.2) is 4.85 Å². The van der Waals surface area contributed by atoms with E-state index < -0.39 is 0 Å². The second kappa shape index (κ2) is 5.56. The summed E-state index contributed by atoms with van der Waals surface area (Å²) < 4.78 is 0. The molecule has 2 nitrogen and oxygen atoms in total. The van der Waals surface area contributed by atoms with Gasteiger partial charge in [0.1, 0.15) is 0 Å². The summed E-state index contributed by atoms with van der Waals surface area (Å²) in [5, 5.41) is 0. The fraction of sp³-hybridized carbons (Fsp3) is 0.526. The molecule has 114 valence electrons. The molecule has 0 atom stereocenters. The summed E-state index contributed by atoms with van der Waals surface area (Å²) in [6.45, 7) is 24.2. The van der Waals surface area contributed by atoms with Gasteiger partial charge in [0.15, 0.2) is 5.70 Å². The second-order valence-corrected chi connectivity index (χ2v) is 7.81. The molecule has 0 aromatic heterocycles. The van der Waals surface area contributed by atoms with Gasteiger partial charge in [0.2, 0.25) is 0 Å². The molecule has 0 fully saturated rings. The number of nitrogens with zero attached hydrogens (tertiary/aromatic N) is 1. The molecule has 2 heteroatoms. The van der Waals surface area contributed by atoms with Crippen LogP contribution in [0.3, 0.4) is 0 Å². The first-order valence-corrected chi connectivity index (χ1v) is 7.39. The topological polar surface area (TPSA) is 30.4 Å². The highest BCUT2D eigenvalue weighted by atomic mass is 14.6. The van der Waals surface area contributed by atoms with Crippen molar-refractivity contribution in [1.82, 2.24) is 0 Å². The lowest BCUT2D eigenvalue weighted by atomic mass is 9.77. The molecule has 0 aliphatic rings. The SMILES string of the molecule is [C-]#[N+]/C(C)=C(\C)c1cc(C(C)(C)C)c(N)c(C(C)(C)C)c1. The first-order valence-electron chi connectivity index (χ1n) is 7.39. The van der Waals surface area contributed by atoms with E-state index in [4.69, 9.17) is 12.3 Å². The van der Waals surface area contributed by atoms with Crippen LogP contribution in [-0.2, 0) is 10.8 Å². The summed E-state index contributed by atoms with van der Waals surface area (Å²) in [7, 11) is 0. The molecule has 0 saturated heterocycles. The van der Waals surface area contributed by atoms with Crippen LogP contribution >= 0.6 is 0 Å². The lowest BCUT2D eigenvalue weighted by molar-refractivity contribution is 0.572. The molecule has 0 saturated carbocycles. The van der Waals surface area contributed by atoms with Crippen LogP contribution in [0.15, 0.2) is 17.8 Å². The molecule has 2 N–H and O–H groups in total. The zero-order valence-corrected chi connectivity index (χ0v) is 14.7. The summed E-state index contributed by atoms with van der Waals surface area (Å²) in [4.78, 5) is 3.57. The van der Waals surface area contributed by atoms with E-state index in [1.165, 1.54) is 0 Å². The minimum Gasteiger partial charge on any atom is -0.398 e. The molecule has 0 aliphatic heterocycles. The Balaban J connectivity index is 3.77. The van der Waals surface area contributed by atoms with Crippen molar-refractivity contribution in [1.29, 1.82) is 0 Å². The molecular weight excluding hydrogens is 256 g/mol. The smallest absolute Gasteiger partial charge is 0.166 e. The predicted molar refractivity (Wildman–Crippen MR) is 93.1 cm³/mol. The fourth-order valence-electron chi connectivity index (χ4n) is 2.40. The van der Waals surface area contributed by atoms with Crippen molar-refractivity contribution in [3.05, 3.63) is 45.9 Å². The van der Waals surface area contributed by atoms with Crippen LogP contribution in [0.1, 0.15) is 72.1 Å². The Labute approximate surface area is 129 Å². The van der Waals surface area contributed by atoms with Crippen molar-refractivity contribution in [2.75, 3.05) is 5.73 Å². The van der Waals surface area contributed by atoms with Gasteiger partial charge in [0, 0.05) is 5.69 Å². The van der Waals surface area contributed by atoms with Crippen molar-refractivity contribution in [3.8, 4) is 0 Å². The van der Waals surface area contributed by atoms with Crippen molar-refractivity contribution in [2.45, 2.75) is 66.2 Å². The molecule has 0 aliphatic carbocycles. The molecular formula is C19H28N2. The molecule has 0 amide bonds. The molecule has 21 heavy (non-hydrogen) atoms. The first-order chi connectivity index (χ1) is 9.39. The van der Waals surface area contributed by atoms with Crippen LogP contribution < -0.4 is 5.73 Å². The molecule has 1 aromatic carbocycles. The van der Waals surface area contributed by atoms with Crippen molar-refractivity contribution in [3.63, 3.8) is 0 Å². The Morgan fingerprint density at radius 3 is 1.62 bits per heavy atom. The van der Waals surface area contributed by atoms with Crippen molar-refractivity contribution < 1.29 is 0 Å². The van der Waals surface area contributed by atoms with E-state index in [1.807, 2.05) is 13.8 Å². The number of hydrogen-bond donors (Lipinski definition) is 1. The van der Waals surface area contributed by atoms with E-state index in [2.05, 4.69) is 58.5 Å². The van der Waals surface area contributed by atoms with E-state index >= 15 is 0 Å². The number of anilines is 1. The van der Waals surface area contributed by atoms with Crippen LogP contribution in [0.4, 0.5) is 5.69 Å². The maximum absolute atomic E-state index is 7.23. The Hall–Kier alpha value is -1.75. The van der Waals surface area contributed by atoms with Gasteiger partial charge in [-0.05, 0) is 46.9 Å². The van der Waals surface area contributed by atoms with Gasteiger partial charge in [0.05, 0.1) is 6.57 Å². The molecule has 1 rings (SSSR count). The molecule has 1 aromatic rings. The van der Waals surface area contributed by atoms with E-state index in [0.717, 1.165) is 33.6 Å². The van der Waals surface area contributed by atoms with Gasteiger partial charge in [-0.15, -0.1) is 0 Å². The van der Waals surface area contributed by atoms with E-state index in [0.29, 0.717) is 0 Å². The predicted octanol–water partition coefficient (Wildman–Crippen LogP) is 5.53. The van der Waals surface area contributed by atoms with E-state index in [-0.39, 0.29) is 10.8 Å². The highest BCUT2D eigenvalue weighted by molar-refractivity contribution is 5.73. The van der Waals surface area contributed by atoms with Crippen LogP contribution in [0.5, 0.6) is 0 Å². The van der Waals surface area contributed by atoms with E-state index in [9.17, 15) is 0 Å². The average Bonchev–Trinajstić information content (AvgIpc) is 2.34. The second-order valence-electron chi connectivity index (χ2n) is 7.81. The molecule has 0 radical (unpaired) electrons. The van der Waals surface area contributed by atoms with Crippen LogP contribution in [0, 0.1) is 6.57 Å². The number of nitrogens with two attached hydrogens (primary N) is 1. The maximum Gasteiger partial charge on any atom is 0.166 e. The van der Waals surface area contributed by atoms with Crippen LogP contribution in [0.2, 0.25) is 0 Å². The Morgan fingerprint density at radius 1 is 0.952 bits per heavy atom. The van der Waals surface area contributed by atoms with Gasteiger partial charge in [-0.3, -0.25) is 0 Å². The zero-order valence-electron chi connectivity index (χ0n) is 14.7. The Kier molecular flexibility index (Phi) is 4.58. The van der Waals surface area contributed by atoms with Gasteiger partial charge < -0.3 is 5.73 Å². The maximum atomic E-state index is 7.23. The van der Waals surface area contributed by atoms with Gasteiger partial charge in [-0.2, -0.15) is 0 Å². The monoisotopic (exact) mass is 284 g/mol. The molecule has 0 bridgehead atoms. The van der Waals surface area contributed by atoms with Crippen LogP contribution in [-0.4, -0.2) is 0 Å². The minimum atomic E-state index is -0.0214. The number of benzene rings is 1. The quantitative estimate of drug-likeness (QED) is 0.533. The third-order valence-electron chi connectivity index (χ3n) is 3.94. The van der Waals surface area contributed by atoms with Crippen LogP contribution in [0.25, 0.3) is 10.4 Å². The number of nitrogen functional groups attached to an aromatic ring is 1. The summed E-state index contributed by atoms with van der Waals surface area (Å²) in [6, 6.07) is 4.29. The molecule has 0 heterocycles. The highest BCUT2D eigenvalue weighted by Crippen LogP contribution is 2.38. The third kappa shape index (κ3) is 3.67. The van der Waals surface area contributed by atoms with Crippen molar-refractivity contribution in [2.24, 2.45) is 0 Å². The lowest BCUT2D eigenvalue weighted by Gasteiger charge is -2.29. The third-order valence-corrected chi connectivity index (χ3v) is 3.94. The summed E-state index contributed by atoms with van der Waals surface area (Å²) >= 11 is 0. The largest absolute Gasteiger partial charge is 0.398 e.